The summed E-state index contributed by atoms with van der Waals surface area (Å²) in [5, 5.41) is 0.737. The first-order valence-electron chi connectivity index (χ1n) is 10.6. The fraction of sp³-hybridized carbons (Fsp3) is 0.682. The minimum Gasteiger partial charge on any atom is -0.379 e. The van der Waals surface area contributed by atoms with Gasteiger partial charge in [-0.15, -0.1) is 0 Å². The number of benzene rings is 1. The van der Waals surface area contributed by atoms with Gasteiger partial charge in [-0.05, 0) is 42.7 Å². The maximum Gasteiger partial charge on any atom is 0.233 e. The van der Waals surface area contributed by atoms with Crippen LogP contribution < -0.4 is 0 Å². The number of carbonyl (C=O) groups excluding carboxylic acids is 1. The Balaban J connectivity index is 1.58. The molecule has 0 aromatic heterocycles. The van der Waals surface area contributed by atoms with E-state index < -0.39 is 0 Å². The highest BCUT2D eigenvalue weighted by Gasteiger charge is 2.46. The van der Waals surface area contributed by atoms with Crippen LogP contribution in [0.5, 0.6) is 0 Å². The minimum absolute atomic E-state index is 0.294. The number of halogens is 1. The topological polar surface area (TPSA) is 32.8 Å². The lowest BCUT2D eigenvalue weighted by molar-refractivity contribution is -0.140. The van der Waals surface area contributed by atoms with Gasteiger partial charge >= 0.3 is 0 Å². The lowest BCUT2D eigenvalue weighted by Gasteiger charge is -2.40. The van der Waals surface area contributed by atoms with Gasteiger partial charge in [0.1, 0.15) is 0 Å². The summed E-state index contributed by atoms with van der Waals surface area (Å²) < 4.78 is 5.51. The van der Waals surface area contributed by atoms with Gasteiger partial charge in [0.05, 0.1) is 24.7 Å². The first kappa shape index (κ1) is 20.5. The molecule has 28 heavy (non-hydrogen) atoms. The zero-order valence-corrected chi connectivity index (χ0v) is 18.1. The van der Waals surface area contributed by atoms with Gasteiger partial charge in [0.2, 0.25) is 5.91 Å². The summed E-state index contributed by atoms with van der Waals surface area (Å²) in [6.45, 7) is 5.43. The molecule has 1 aromatic rings. The van der Waals surface area contributed by atoms with E-state index >= 15 is 0 Å². The van der Waals surface area contributed by atoms with Crippen LogP contribution >= 0.6 is 23.4 Å². The number of rotatable bonds is 4. The van der Waals surface area contributed by atoms with Crippen LogP contribution in [0.1, 0.15) is 37.7 Å². The van der Waals surface area contributed by atoms with E-state index in [0.29, 0.717) is 11.9 Å². The molecule has 1 atom stereocenters. The Morgan fingerprint density at radius 1 is 1.11 bits per heavy atom. The average Bonchev–Trinajstić information content (AvgIpc) is 3.11. The van der Waals surface area contributed by atoms with Crippen LogP contribution in [-0.4, -0.2) is 72.6 Å². The van der Waals surface area contributed by atoms with Crippen LogP contribution in [0, 0.1) is 0 Å². The maximum absolute atomic E-state index is 14.1. The van der Waals surface area contributed by atoms with Gasteiger partial charge < -0.3 is 9.64 Å². The van der Waals surface area contributed by atoms with Gasteiger partial charge in [-0.3, -0.25) is 9.69 Å². The first-order valence-corrected chi connectivity index (χ1v) is 12.2. The number of amides is 1. The molecule has 1 saturated carbocycles. The van der Waals surface area contributed by atoms with Gasteiger partial charge in [0, 0.05) is 37.0 Å². The van der Waals surface area contributed by atoms with Crippen molar-refractivity contribution in [3.63, 3.8) is 0 Å². The lowest BCUT2D eigenvalue weighted by atomic mass is 9.77. The van der Waals surface area contributed by atoms with Crippen LogP contribution in [0.15, 0.2) is 24.3 Å². The molecule has 0 unspecified atom stereocenters. The zero-order valence-electron chi connectivity index (χ0n) is 16.6. The van der Waals surface area contributed by atoms with Gasteiger partial charge in [-0.1, -0.05) is 36.6 Å². The molecule has 1 aromatic carbocycles. The first-order chi connectivity index (χ1) is 13.7. The van der Waals surface area contributed by atoms with Crippen molar-refractivity contribution >= 4 is 29.3 Å². The Morgan fingerprint density at radius 3 is 2.54 bits per heavy atom. The molecule has 0 bridgehead atoms. The smallest absolute Gasteiger partial charge is 0.233 e. The number of hydrogen-bond acceptors (Lipinski definition) is 4. The molecule has 0 N–H and O–H groups in total. The lowest BCUT2D eigenvalue weighted by Crippen LogP contribution is -2.55. The molecule has 3 fully saturated rings. The maximum atomic E-state index is 14.1. The molecule has 1 amide bonds. The van der Waals surface area contributed by atoms with E-state index in [9.17, 15) is 4.79 Å². The fourth-order valence-corrected chi connectivity index (χ4v) is 6.16. The van der Waals surface area contributed by atoms with Crippen molar-refractivity contribution in [1.82, 2.24) is 9.80 Å². The second-order valence-corrected chi connectivity index (χ2v) is 9.88. The molecule has 0 radical (unpaired) electrons. The molecule has 4 nitrogen and oxygen atoms in total. The molecule has 2 aliphatic heterocycles. The molecular formula is C22H31ClN2O2S. The van der Waals surface area contributed by atoms with E-state index in [1.807, 2.05) is 23.9 Å². The van der Waals surface area contributed by atoms with Crippen LogP contribution in [-0.2, 0) is 14.9 Å². The van der Waals surface area contributed by atoms with Crippen molar-refractivity contribution in [3.8, 4) is 0 Å². The summed E-state index contributed by atoms with van der Waals surface area (Å²) in [5.41, 5.74) is 0.796. The summed E-state index contributed by atoms with van der Waals surface area (Å²) in [6, 6.07) is 8.33. The summed E-state index contributed by atoms with van der Waals surface area (Å²) >= 11 is 8.13. The standard InChI is InChI=1S/C22H31ClN2O2S/c23-19-6-4-18(5-7-19)22(8-1-2-9-22)21(26)25-10-3-15-28-17-20(25)16-24-11-13-27-14-12-24/h4-7,20H,1-3,8-17H2/t20-/m0/s1. The quantitative estimate of drug-likeness (QED) is 0.738. The number of thioether (sulfide) groups is 1. The Bertz CT molecular complexity index is 657. The third kappa shape index (κ3) is 4.38. The summed E-state index contributed by atoms with van der Waals surface area (Å²) in [6.07, 6.45) is 5.27. The molecule has 2 saturated heterocycles. The van der Waals surface area contributed by atoms with Crippen molar-refractivity contribution in [2.24, 2.45) is 0 Å². The SMILES string of the molecule is O=C(N1CCCSC[C@@H]1CN1CCOCC1)C1(c2ccc(Cl)cc2)CCCC1. The van der Waals surface area contributed by atoms with Crippen LogP contribution in [0.4, 0.5) is 0 Å². The van der Waals surface area contributed by atoms with E-state index in [1.54, 1.807) is 0 Å². The van der Waals surface area contributed by atoms with Gasteiger partial charge in [0.15, 0.2) is 0 Å². The minimum atomic E-state index is -0.358. The van der Waals surface area contributed by atoms with E-state index in [2.05, 4.69) is 21.9 Å². The molecule has 2 heterocycles. The molecule has 154 valence electrons. The number of nitrogens with zero attached hydrogens (tertiary/aromatic N) is 2. The number of carbonyl (C=O) groups is 1. The highest BCUT2D eigenvalue weighted by atomic mass is 35.5. The Morgan fingerprint density at radius 2 is 1.82 bits per heavy atom. The molecule has 1 aliphatic carbocycles. The molecule has 4 rings (SSSR count). The summed E-state index contributed by atoms with van der Waals surface area (Å²) in [7, 11) is 0. The van der Waals surface area contributed by atoms with Crippen molar-refractivity contribution in [2.45, 2.75) is 43.6 Å². The van der Waals surface area contributed by atoms with E-state index in [0.717, 1.165) is 93.6 Å². The normalized spacial score (nSPS) is 26.2. The molecule has 3 aliphatic rings. The number of hydrogen-bond donors (Lipinski definition) is 0. The van der Waals surface area contributed by atoms with Crippen LogP contribution in [0.25, 0.3) is 0 Å². The Hall–Kier alpha value is -0.750. The number of morpholine rings is 1. The molecule has 0 spiro atoms. The van der Waals surface area contributed by atoms with Gasteiger partial charge in [-0.25, -0.2) is 0 Å². The van der Waals surface area contributed by atoms with Crippen molar-refractivity contribution in [3.05, 3.63) is 34.9 Å². The Kier molecular flexibility index (Phi) is 6.87. The molecular weight excluding hydrogens is 392 g/mol. The predicted molar refractivity (Wildman–Crippen MR) is 116 cm³/mol. The number of ether oxygens (including phenoxy) is 1. The van der Waals surface area contributed by atoms with Gasteiger partial charge in [0.25, 0.3) is 0 Å². The summed E-state index contributed by atoms with van der Waals surface area (Å²) in [5.74, 6) is 2.55. The second kappa shape index (κ2) is 9.38. The average molecular weight is 423 g/mol. The highest BCUT2D eigenvalue weighted by Crippen LogP contribution is 2.43. The fourth-order valence-electron chi connectivity index (χ4n) is 4.98. The largest absolute Gasteiger partial charge is 0.379 e. The second-order valence-electron chi connectivity index (χ2n) is 8.29. The van der Waals surface area contributed by atoms with Crippen molar-refractivity contribution < 1.29 is 9.53 Å². The van der Waals surface area contributed by atoms with Gasteiger partial charge in [-0.2, -0.15) is 11.8 Å². The van der Waals surface area contributed by atoms with E-state index in [-0.39, 0.29) is 5.41 Å². The zero-order chi connectivity index (χ0) is 19.4. The Labute approximate surface area is 177 Å². The predicted octanol–water partition coefficient (Wildman–Crippen LogP) is 3.82. The third-order valence-corrected chi connectivity index (χ3v) is 7.99. The molecule has 6 heteroatoms. The highest BCUT2D eigenvalue weighted by molar-refractivity contribution is 7.99. The van der Waals surface area contributed by atoms with Crippen molar-refractivity contribution in [2.75, 3.05) is 50.9 Å². The monoisotopic (exact) mass is 422 g/mol. The van der Waals surface area contributed by atoms with Crippen LogP contribution in [0.3, 0.4) is 0 Å². The van der Waals surface area contributed by atoms with Crippen molar-refractivity contribution in [1.29, 1.82) is 0 Å². The third-order valence-electron chi connectivity index (χ3n) is 6.54. The van der Waals surface area contributed by atoms with Crippen LogP contribution in [0.2, 0.25) is 5.02 Å². The van der Waals surface area contributed by atoms with E-state index in [1.165, 1.54) is 0 Å². The van der Waals surface area contributed by atoms with E-state index in [4.69, 9.17) is 16.3 Å². The summed E-state index contributed by atoms with van der Waals surface area (Å²) in [4.78, 5) is 18.8.